The molecule has 2 N–H and O–H groups in total. The summed E-state index contributed by atoms with van der Waals surface area (Å²) in [5.41, 5.74) is 0.647. The summed E-state index contributed by atoms with van der Waals surface area (Å²) in [5, 5.41) is 13.7. The average Bonchev–Trinajstić information content (AvgIpc) is 3.24. The van der Waals surface area contributed by atoms with Gasteiger partial charge in [0.1, 0.15) is 0 Å². The highest BCUT2D eigenvalue weighted by Crippen LogP contribution is 2.21. The Morgan fingerprint density at radius 2 is 1.93 bits per heavy atom. The van der Waals surface area contributed by atoms with E-state index >= 15 is 0 Å². The molecular formula is C20H25N5O3S. The van der Waals surface area contributed by atoms with Crippen LogP contribution in [0.25, 0.3) is 0 Å². The number of piperidine rings is 1. The van der Waals surface area contributed by atoms with Gasteiger partial charge in [-0.1, -0.05) is 42.9 Å². The zero-order valence-electron chi connectivity index (χ0n) is 16.4. The lowest BCUT2D eigenvalue weighted by Crippen LogP contribution is -2.45. The smallest absolute Gasteiger partial charge is 0.286 e. The van der Waals surface area contributed by atoms with E-state index in [-0.39, 0.29) is 27.7 Å². The standard InChI is InChI=1S/C20H25N5O3S/c1-2-3-11-21-16(26)14-8-7-12-25(13-14)20(28)19-24-23-18(29-19)17(27)22-15-9-5-4-6-10-15/h4-6,9-10,14H,2-3,7-8,11-13H2,1H3,(H,21,26)(H,22,27). The normalized spacial score (nSPS) is 16.3. The van der Waals surface area contributed by atoms with Gasteiger partial charge < -0.3 is 15.5 Å². The van der Waals surface area contributed by atoms with E-state index in [1.807, 2.05) is 18.2 Å². The van der Waals surface area contributed by atoms with Gasteiger partial charge in [-0.15, -0.1) is 10.2 Å². The second-order valence-electron chi connectivity index (χ2n) is 6.97. The minimum atomic E-state index is -0.403. The van der Waals surface area contributed by atoms with E-state index in [1.165, 1.54) is 0 Å². The highest BCUT2D eigenvalue weighted by Gasteiger charge is 2.30. The molecule has 2 aromatic rings. The van der Waals surface area contributed by atoms with Gasteiger partial charge in [-0.05, 0) is 31.4 Å². The number of nitrogens with one attached hydrogen (secondary N) is 2. The van der Waals surface area contributed by atoms with E-state index in [4.69, 9.17) is 0 Å². The molecule has 3 rings (SSSR count). The number of amides is 3. The largest absolute Gasteiger partial charge is 0.356 e. The third-order valence-corrected chi connectivity index (χ3v) is 5.65. The molecule has 3 amide bonds. The first-order chi connectivity index (χ1) is 14.1. The molecule has 1 unspecified atom stereocenters. The number of anilines is 1. The summed E-state index contributed by atoms with van der Waals surface area (Å²) in [6.45, 7) is 3.67. The SMILES string of the molecule is CCCCNC(=O)C1CCCN(C(=O)c2nnc(C(=O)Nc3ccccc3)s2)C1. The number of carbonyl (C=O) groups is 3. The maximum atomic E-state index is 12.8. The van der Waals surface area contributed by atoms with Gasteiger partial charge in [0.05, 0.1) is 5.92 Å². The van der Waals surface area contributed by atoms with Crippen molar-refractivity contribution in [2.75, 3.05) is 25.0 Å². The third kappa shape index (κ3) is 5.60. The van der Waals surface area contributed by atoms with Gasteiger partial charge in [0, 0.05) is 25.3 Å². The van der Waals surface area contributed by atoms with Crippen LogP contribution in [0.2, 0.25) is 0 Å². The van der Waals surface area contributed by atoms with Crippen LogP contribution in [0.1, 0.15) is 52.2 Å². The quantitative estimate of drug-likeness (QED) is 0.677. The molecule has 1 aromatic heterocycles. The highest BCUT2D eigenvalue weighted by molar-refractivity contribution is 7.15. The van der Waals surface area contributed by atoms with Crippen LogP contribution in [0.3, 0.4) is 0 Å². The topological polar surface area (TPSA) is 104 Å². The second-order valence-corrected chi connectivity index (χ2v) is 7.94. The molecule has 29 heavy (non-hydrogen) atoms. The predicted molar refractivity (Wildman–Crippen MR) is 111 cm³/mol. The Labute approximate surface area is 173 Å². The summed E-state index contributed by atoms with van der Waals surface area (Å²) in [6, 6.07) is 9.02. The van der Waals surface area contributed by atoms with Crippen LogP contribution in [0, 0.1) is 5.92 Å². The predicted octanol–water partition coefficient (Wildman–Crippen LogP) is 2.56. The number of benzene rings is 1. The molecule has 0 radical (unpaired) electrons. The number of carbonyl (C=O) groups excluding carboxylic acids is 3. The molecule has 0 bridgehead atoms. The summed E-state index contributed by atoms with van der Waals surface area (Å²) >= 11 is 0.962. The van der Waals surface area contributed by atoms with Crippen LogP contribution >= 0.6 is 11.3 Å². The molecular weight excluding hydrogens is 390 g/mol. The fraction of sp³-hybridized carbons (Fsp3) is 0.450. The van der Waals surface area contributed by atoms with Gasteiger partial charge in [0.25, 0.3) is 11.8 Å². The second kappa shape index (κ2) is 10.1. The minimum Gasteiger partial charge on any atom is -0.356 e. The molecule has 0 saturated carbocycles. The zero-order valence-corrected chi connectivity index (χ0v) is 17.2. The van der Waals surface area contributed by atoms with E-state index in [0.717, 1.165) is 37.0 Å². The molecule has 1 fully saturated rings. The van der Waals surface area contributed by atoms with Gasteiger partial charge in [-0.25, -0.2) is 0 Å². The number of likely N-dealkylation sites (tertiary alicyclic amines) is 1. The van der Waals surface area contributed by atoms with E-state index in [9.17, 15) is 14.4 Å². The van der Waals surface area contributed by atoms with Gasteiger partial charge >= 0.3 is 0 Å². The Morgan fingerprint density at radius 1 is 1.17 bits per heavy atom. The maximum absolute atomic E-state index is 12.8. The molecule has 1 aromatic carbocycles. The summed E-state index contributed by atoms with van der Waals surface area (Å²) in [5.74, 6) is -0.902. The van der Waals surface area contributed by atoms with E-state index in [2.05, 4.69) is 27.8 Å². The van der Waals surface area contributed by atoms with Gasteiger partial charge in [-0.3, -0.25) is 14.4 Å². The number of para-hydroxylation sites is 1. The van der Waals surface area contributed by atoms with E-state index in [0.29, 0.717) is 25.3 Å². The number of unbranched alkanes of at least 4 members (excludes halogenated alkanes) is 1. The number of nitrogens with zero attached hydrogens (tertiary/aromatic N) is 3. The molecule has 0 spiro atoms. The van der Waals surface area contributed by atoms with Crippen LogP contribution in [0.5, 0.6) is 0 Å². The minimum absolute atomic E-state index is 0.00357. The molecule has 8 nitrogen and oxygen atoms in total. The molecule has 1 aliphatic heterocycles. The van der Waals surface area contributed by atoms with Crippen LogP contribution in [-0.4, -0.2) is 52.5 Å². The lowest BCUT2D eigenvalue weighted by molar-refractivity contribution is -0.126. The van der Waals surface area contributed by atoms with Crippen molar-refractivity contribution < 1.29 is 14.4 Å². The number of aromatic nitrogens is 2. The van der Waals surface area contributed by atoms with Crippen molar-refractivity contribution in [1.29, 1.82) is 0 Å². The zero-order chi connectivity index (χ0) is 20.6. The highest BCUT2D eigenvalue weighted by atomic mass is 32.1. The Morgan fingerprint density at radius 3 is 2.69 bits per heavy atom. The Kier molecular flexibility index (Phi) is 7.29. The first-order valence-electron chi connectivity index (χ1n) is 9.85. The Bertz CT molecular complexity index is 855. The number of hydrogen-bond acceptors (Lipinski definition) is 6. The van der Waals surface area contributed by atoms with E-state index in [1.54, 1.807) is 17.0 Å². The Hall–Kier alpha value is -2.81. The van der Waals surface area contributed by atoms with E-state index < -0.39 is 5.91 Å². The molecule has 1 aliphatic rings. The molecule has 1 atom stereocenters. The molecule has 9 heteroatoms. The average molecular weight is 416 g/mol. The monoisotopic (exact) mass is 415 g/mol. The summed E-state index contributed by atoms with van der Waals surface area (Å²) in [6.07, 6.45) is 3.49. The molecule has 0 aliphatic carbocycles. The van der Waals surface area contributed by atoms with Crippen LogP contribution in [-0.2, 0) is 4.79 Å². The fourth-order valence-corrected chi connectivity index (χ4v) is 3.86. The summed E-state index contributed by atoms with van der Waals surface area (Å²) in [4.78, 5) is 39.1. The van der Waals surface area contributed by atoms with Crippen LogP contribution in [0.15, 0.2) is 30.3 Å². The van der Waals surface area contributed by atoms with Crippen LogP contribution < -0.4 is 10.6 Å². The van der Waals surface area contributed by atoms with Gasteiger partial charge in [0.15, 0.2) is 0 Å². The first-order valence-corrected chi connectivity index (χ1v) is 10.7. The van der Waals surface area contributed by atoms with Gasteiger partial charge in [0.2, 0.25) is 15.9 Å². The van der Waals surface area contributed by atoms with Crippen molar-refractivity contribution in [3.8, 4) is 0 Å². The molecule has 154 valence electrons. The number of hydrogen-bond donors (Lipinski definition) is 2. The third-order valence-electron chi connectivity index (χ3n) is 4.74. The van der Waals surface area contributed by atoms with Crippen molar-refractivity contribution in [3.05, 3.63) is 40.3 Å². The number of rotatable bonds is 7. The lowest BCUT2D eigenvalue weighted by atomic mass is 9.97. The summed E-state index contributed by atoms with van der Waals surface area (Å²) < 4.78 is 0. The maximum Gasteiger partial charge on any atom is 0.286 e. The lowest BCUT2D eigenvalue weighted by Gasteiger charge is -2.31. The van der Waals surface area contributed by atoms with Crippen LogP contribution in [0.4, 0.5) is 5.69 Å². The molecule has 2 heterocycles. The molecule has 1 saturated heterocycles. The van der Waals surface area contributed by atoms with Crippen molar-refractivity contribution in [2.45, 2.75) is 32.6 Å². The van der Waals surface area contributed by atoms with Crippen molar-refractivity contribution in [3.63, 3.8) is 0 Å². The van der Waals surface area contributed by atoms with Crippen molar-refractivity contribution >= 4 is 34.7 Å². The Balaban J connectivity index is 1.59. The van der Waals surface area contributed by atoms with Gasteiger partial charge in [-0.2, -0.15) is 0 Å². The van der Waals surface area contributed by atoms with Crippen molar-refractivity contribution in [1.82, 2.24) is 20.4 Å². The van der Waals surface area contributed by atoms with Crippen molar-refractivity contribution in [2.24, 2.45) is 5.92 Å². The fourth-order valence-electron chi connectivity index (χ4n) is 3.15. The first kappa shape index (κ1) is 20.9. The summed E-state index contributed by atoms with van der Waals surface area (Å²) in [7, 11) is 0.